The Balaban J connectivity index is 3.21. The van der Waals surface area contributed by atoms with E-state index >= 15 is 0 Å². The van der Waals surface area contributed by atoms with Gasteiger partial charge >= 0.3 is 12.1 Å². The number of aromatic carboxylic acids is 1. The van der Waals surface area contributed by atoms with Gasteiger partial charge in [-0.15, -0.1) is 0 Å². The third-order valence-corrected chi connectivity index (χ3v) is 3.46. The quantitative estimate of drug-likeness (QED) is 0.753. The summed E-state index contributed by atoms with van der Waals surface area (Å²) in [4.78, 5) is 11.2. The second-order valence-corrected chi connectivity index (χ2v) is 5.08. The predicted octanol–water partition coefficient (Wildman–Crippen LogP) is 3.37. The van der Waals surface area contributed by atoms with E-state index in [0.29, 0.717) is 18.9 Å². The van der Waals surface area contributed by atoms with Crippen LogP contribution in [0.15, 0.2) is 18.2 Å². The number of carboxylic acids is 1. The van der Waals surface area contributed by atoms with E-state index in [-0.39, 0.29) is 12.3 Å². The van der Waals surface area contributed by atoms with Gasteiger partial charge < -0.3 is 15.5 Å². The standard InChI is InChI=1S/C14H18F3NO3/c1-3-13(2,6-7-19)18-11-5-4-9(14(15,16)17)8-10(11)12(20)21/h4-5,8,18-19H,3,6-7H2,1-2H3,(H,20,21). The molecule has 1 unspecified atom stereocenters. The minimum absolute atomic E-state index is 0.105. The molecule has 0 aliphatic carbocycles. The Bertz CT molecular complexity index is 517. The van der Waals surface area contributed by atoms with Crippen LogP contribution in [-0.4, -0.2) is 28.3 Å². The normalized spacial score (nSPS) is 14.6. The van der Waals surface area contributed by atoms with E-state index in [1.54, 1.807) is 6.92 Å². The Hall–Kier alpha value is -1.76. The number of aliphatic hydroxyl groups excluding tert-OH is 1. The highest BCUT2D eigenvalue weighted by Gasteiger charge is 2.32. The van der Waals surface area contributed by atoms with Crippen LogP contribution in [0.2, 0.25) is 0 Å². The lowest BCUT2D eigenvalue weighted by molar-refractivity contribution is -0.137. The van der Waals surface area contributed by atoms with E-state index < -0.39 is 28.8 Å². The number of hydrogen-bond donors (Lipinski definition) is 3. The van der Waals surface area contributed by atoms with Gasteiger partial charge in [-0.3, -0.25) is 0 Å². The molecular formula is C14H18F3NO3. The summed E-state index contributed by atoms with van der Waals surface area (Å²) in [7, 11) is 0. The van der Waals surface area contributed by atoms with Gasteiger partial charge in [0.05, 0.1) is 11.1 Å². The topological polar surface area (TPSA) is 69.6 Å². The van der Waals surface area contributed by atoms with Gasteiger partial charge in [-0.25, -0.2) is 4.79 Å². The molecule has 0 bridgehead atoms. The van der Waals surface area contributed by atoms with Crippen molar-refractivity contribution in [3.8, 4) is 0 Å². The van der Waals surface area contributed by atoms with Crippen LogP contribution in [0.5, 0.6) is 0 Å². The molecule has 0 saturated heterocycles. The zero-order valence-corrected chi connectivity index (χ0v) is 11.8. The van der Waals surface area contributed by atoms with Crippen molar-refractivity contribution in [3.05, 3.63) is 29.3 Å². The summed E-state index contributed by atoms with van der Waals surface area (Å²) in [5.41, 5.74) is -1.94. The molecular weight excluding hydrogens is 287 g/mol. The smallest absolute Gasteiger partial charge is 0.416 e. The van der Waals surface area contributed by atoms with E-state index in [1.165, 1.54) is 0 Å². The zero-order chi connectivity index (χ0) is 16.3. The van der Waals surface area contributed by atoms with Crippen LogP contribution < -0.4 is 5.32 Å². The molecule has 0 aromatic heterocycles. The van der Waals surface area contributed by atoms with Gasteiger partial charge in [0, 0.05) is 17.8 Å². The molecule has 21 heavy (non-hydrogen) atoms. The second-order valence-electron chi connectivity index (χ2n) is 5.08. The number of halogens is 3. The molecule has 1 rings (SSSR count). The maximum Gasteiger partial charge on any atom is 0.416 e. The lowest BCUT2D eigenvalue weighted by atomic mass is 9.93. The largest absolute Gasteiger partial charge is 0.478 e. The van der Waals surface area contributed by atoms with Crippen molar-refractivity contribution in [2.75, 3.05) is 11.9 Å². The Morgan fingerprint density at radius 1 is 1.33 bits per heavy atom. The van der Waals surface area contributed by atoms with Gasteiger partial charge in [0.15, 0.2) is 0 Å². The molecule has 118 valence electrons. The fourth-order valence-electron chi connectivity index (χ4n) is 1.91. The SMILES string of the molecule is CCC(C)(CCO)Nc1ccc(C(F)(F)F)cc1C(=O)O. The molecule has 0 amide bonds. The lowest BCUT2D eigenvalue weighted by Crippen LogP contribution is -2.35. The number of nitrogens with one attached hydrogen (secondary N) is 1. The molecule has 1 atom stereocenters. The van der Waals surface area contributed by atoms with E-state index in [0.717, 1.165) is 12.1 Å². The van der Waals surface area contributed by atoms with Gasteiger partial charge in [0.25, 0.3) is 0 Å². The molecule has 3 N–H and O–H groups in total. The maximum absolute atomic E-state index is 12.6. The number of hydrogen-bond acceptors (Lipinski definition) is 3. The summed E-state index contributed by atoms with van der Waals surface area (Å²) >= 11 is 0. The molecule has 0 fully saturated rings. The number of carbonyl (C=O) groups is 1. The Kier molecular flexibility index (Phi) is 5.22. The van der Waals surface area contributed by atoms with Crippen LogP contribution in [0, 0.1) is 0 Å². The van der Waals surface area contributed by atoms with Crippen LogP contribution in [-0.2, 0) is 6.18 Å². The fraction of sp³-hybridized carbons (Fsp3) is 0.500. The van der Waals surface area contributed by atoms with Gasteiger partial charge in [-0.2, -0.15) is 13.2 Å². The molecule has 1 aromatic carbocycles. The van der Waals surface area contributed by atoms with Crippen LogP contribution in [0.25, 0.3) is 0 Å². The first-order chi connectivity index (χ1) is 9.63. The molecule has 1 aromatic rings. The molecule has 0 heterocycles. The highest BCUT2D eigenvalue weighted by molar-refractivity contribution is 5.94. The molecule has 0 saturated carbocycles. The van der Waals surface area contributed by atoms with Crippen molar-refractivity contribution in [1.82, 2.24) is 0 Å². The van der Waals surface area contributed by atoms with Crippen molar-refractivity contribution in [1.29, 1.82) is 0 Å². The van der Waals surface area contributed by atoms with Crippen LogP contribution in [0.4, 0.5) is 18.9 Å². The first kappa shape index (κ1) is 17.3. The number of aliphatic hydroxyl groups is 1. The van der Waals surface area contributed by atoms with Gasteiger partial charge in [0.2, 0.25) is 0 Å². The lowest BCUT2D eigenvalue weighted by Gasteiger charge is -2.31. The van der Waals surface area contributed by atoms with E-state index in [1.807, 2.05) is 6.92 Å². The van der Waals surface area contributed by atoms with Crippen LogP contribution >= 0.6 is 0 Å². The first-order valence-electron chi connectivity index (χ1n) is 6.46. The van der Waals surface area contributed by atoms with Crippen molar-refractivity contribution in [2.45, 2.75) is 38.4 Å². The predicted molar refractivity (Wildman–Crippen MR) is 72.4 cm³/mol. The highest BCUT2D eigenvalue weighted by Crippen LogP contribution is 2.33. The van der Waals surface area contributed by atoms with E-state index in [9.17, 15) is 18.0 Å². The van der Waals surface area contributed by atoms with Crippen molar-refractivity contribution in [2.24, 2.45) is 0 Å². The maximum atomic E-state index is 12.6. The van der Waals surface area contributed by atoms with Gasteiger partial charge in [0.1, 0.15) is 0 Å². The Labute approximate surface area is 120 Å². The van der Waals surface area contributed by atoms with E-state index in [4.69, 9.17) is 10.2 Å². The molecule has 0 radical (unpaired) electrons. The number of anilines is 1. The Morgan fingerprint density at radius 2 is 1.95 bits per heavy atom. The molecule has 0 aliphatic heterocycles. The van der Waals surface area contributed by atoms with Gasteiger partial charge in [-0.05, 0) is 38.0 Å². The summed E-state index contributed by atoms with van der Waals surface area (Å²) in [5.74, 6) is -1.44. The van der Waals surface area contributed by atoms with E-state index in [2.05, 4.69) is 5.32 Å². The summed E-state index contributed by atoms with van der Waals surface area (Å²) < 4.78 is 37.9. The molecule has 0 aliphatic rings. The average Bonchev–Trinajstić information content (AvgIpc) is 2.37. The molecule has 4 nitrogen and oxygen atoms in total. The highest BCUT2D eigenvalue weighted by atomic mass is 19.4. The van der Waals surface area contributed by atoms with Crippen molar-refractivity contribution >= 4 is 11.7 Å². The number of carboxylic acid groups (broad SMARTS) is 1. The monoisotopic (exact) mass is 305 g/mol. The summed E-state index contributed by atoms with van der Waals surface area (Å²) in [6.45, 7) is 3.50. The van der Waals surface area contributed by atoms with Crippen molar-refractivity contribution in [3.63, 3.8) is 0 Å². The minimum atomic E-state index is -4.60. The average molecular weight is 305 g/mol. The fourth-order valence-corrected chi connectivity index (χ4v) is 1.91. The number of alkyl halides is 3. The number of benzene rings is 1. The second kappa shape index (κ2) is 6.34. The summed E-state index contributed by atoms with van der Waals surface area (Å²) in [5, 5.41) is 21.1. The minimum Gasteiger partial charge on any atom is -0.478 e. The van der Waals surface area contributed by atoms with Crippen molar-refractivity contribution < 1.29 is 28.2 Å². The third kappa shape index (κ3) is 4.35. The zero-order valence-electron chi connectivity index (χ0n) is 11.8. The van der Waals surface area contributed by atoms with Gasteiger partial charge in [-0.1, -0.05) is 6.92 Å². The molecule has 0 spiro atoms. The summed E-state index contributed by atoms with van der Waals surface area (Å²) in [6, 6.07) is 2.56. The Morgan fingerprint density at radius 3 is 2.38 bits per heavy atom. The van der Waals surface area contributed by atoms with Crippen LogP contribution in [0.3, 0.4) is 0 Å². The third-order valence-electron chi connectivity index (χ3n) is 3.46. The summed E-state index contributed by atoms with van der Waals surface area (Å²) in [6.07, 6.45) is -3.67. The van der Waals surface area contributed by atoms with Crippen LogP contribution in [0.1, 0.15) is 42.6 Å². The molecule has 7 heteroatoms. The first-order valence-corrected chi connectivity index (χ1v) is 6.46. The number of rotatable bonds is 6.